The van der Waals surface area contributed by atoms with Crippen molar-refractivity contribution in [3.05, 3.63) is 351 Å². The second kappa shape index (κ2) is 24.9. The van der Waals surface area contributed by atoms with Gasteiger partial charge in [0.25, 0.3) is 13.4 Å². The molecule has 0 saturated carbocycles. The molecule has 11 aromatic carbocycles. The van der Waals surface area contributed by atoms with E-state index in [4.69, 9.17) is 19.9 Å². The van der Waals surface area contributed by atoms with Gasteiger partial charge in [0.15, 0.2) is 0 Å². The van der Waals surface area contributed by atoms with Gasteiger partial charge >= 0.3 is 0 Å². The quantitative estimate of drug-likeness (QED) is 0.112. The monoisotopic (exact) mass is 1330 g/mol. The van der Waals surface area contributed by atoms with Crippen molar-refractivity contribution in [2.45, 2.75) is 51.9 Å². The average molecular weight is 1340 g/mol. The van der Waals surface area contributed by atoms with E-state index in [1.807, 2.05) is 43.0 Å². The van der Waals surface area contributed by atoms with Crippen LogP contribution in [-0.4, -0.2) is 33.4 Å². The van der Waals surface area contributed by atoms with E-state index in [1.54, 1.807) is 0 Å². The number of hydrogen-bond donors (Lipinski definition) is 0. The molecule has 15 aromatic rings. The summed E-state index contributed by atoms with van der Waals surface area (Å²) in [5.41, 5.74) is 34.2. The minimum Gasteiger partial charge on any atom is -0.311 e. The fraction of sp³-hybridized carbons (Fsp3) is 0.0851. The third-order valence-corrected chi connectivity index (χ3v) is 21.8. The molecule has 494 valence electrons. The molecular weight excluding hydrogens is 1260 g/mol. The summed E-state index contributed by atoms with van der Waals surface area (Å²) >= 11 is 0. The van der Waals surface area contributed by atoms with Gasteiger partial charge in [-0.15, -0.1) is 0 Å². The van der Waals surface area contributed by atoms with Crippen LogP contribution in [0, 0.1) is 0 Å². The maximum absolute atomic E-state index is 5.28. The Hall–Kier alpha value is -12.7. The first-order chi connectivity index (χ1) is 51.0. The molecule has 0 bridgehead atoms. The second-order valence-electron chi connectivity index (χ2n) is 29.4. The number of benzene rings is 11. The van der Waals surface area contributed by atoms with Crippen molar-refractivity contribution in [3.63, 3.8) is 0 Å². The van der Waals surface area contributed by atoms with Gasteiger partial charge in [-0.25, -0.2) is 0 Å². The summed E-state index contributed by atoms with van der Waals surface area (Å²) in [7, 11) is 0. The summed E-state index contributed by atoms with van der Waals surface area (Å²) < 4.78 is 0. The van der Waals surface area contributed by atoms with Crippen LogP contribution in [0.25, 0.3) is 56.2 Å². The highest BCUT2D eigenvalue weighted by Gasteiger charge is 2.47. The minimum atomic E-state index is -0.409. The zero-order valence-corrected chi connectivity index (χ0v) is 58.7. The van der Waals surface area contributed by atoms with Gasteiger partial charge in [-0.3, -0.25) is 19.9 Å². The lowest BCUT2D eigenvalue weighted by molar-refractivity contribution is 0.522. The Morgan fingerprint density at radius 3 is 1.12 bits per heavy atom. The first kappa shape index (κ1) is 62.4. The standard InChI is InChI=1S/C94H72B2N8/c1-93(2,3)65-47-50-73-89(59-65)102(80-38-15-10-30-68(80)76-35-20-23-54-98-76)85-43-26-44-86-92(85)96(73)74-51-48-66(60-90(74)103(86)81-39-16-11-31-69(81)77-36-21-24-55-99-77)94(4,5)61-62-46-49-70(78-58-64(52-56-100-78)63-27-7-6-8-28-63)88(57-62)104-83-41-18-13-33-72(83)95-71-32-12-17-40-82(71)101(84-42-25-45-87(104)91(84)95)79-37-14-9-29-67(79)75-34-19-22-53-97-75/h6-60H,61H2,1-5H3. The maximum Gasteiger partial charge on any atom is 0.252 e. The lowest BCUT2D eigenvalue weighted by atomic mass is 9.33. The minimum absolute atomic E-state index is 0.0536. The maximum atomic E-state index is 5.28. The molecule has 4 aliphatic rings. The molecule has 19 rings (SSSR count). The molecule has 0 N–H and O–H groups in total. The molecule has 8 nitrogen and oxygen atoms in total. The molecule has 4 aliphatic heterocycles. The number of rotatable bonds is 12. The van der Waals surface area contributed by atoms with E-state index in [1.165, 1.54) is 55.2 Å². The first-order valence-electron chi connectivity index (χ1n) is 36.1. The van der Waals surface area contributed by atoms with Gasteiger partial charge in [0, 0.05) is 92.5 Å². The van der Waals surface area contributed by atoms with Crippen LogP contribution < -0.4 is 52.4 Å². The molecule has 0 amide bonds. The molecule has 8 heterocycles. The van der Waals surface area contributed by atoms with Gasteiger partial charge in [0.05, 0.1) is 45.5 Å². The zero-order chi connectivity index (χ0) is 69.8. The van der Waals surface area contributed by atoms with Gasteiger partial charge in [-0.2, -0.15) is 0 Å². The van der Waals surface area contributed by atoms with Crippen molar-refractivity contribution in [1.29, 1.82) is 0 Å². The summed E-state index contributed by atoms with van der Waals surface area (Å²) in [6, 6.07) is 114. The zero-order valence-electron chi connectivity index (χ0n) is 58.7. The van der Waals surface area contributed by atoms with E-state index in [9.17, 15) is 0 Å². The normalized spacial score (nSPS) is 13.2. The van der Waals surface area contributed by atoms with Gasteiger partial charge in [-0.05, 0) is 199 Å². The largest absolute Gasteiger partial charge is 0.311 e. The fourth-order valence-corrected chi connectivity index (χ4v) is 17.0. The number of pyridine rings is 4. The van der Waals surface area contributed by atoms with Crippen molar-refractivity contribution < 1.29 is 0 Å². The molecule has 0 spiro atoms. The molecule has 10 heteroatoms. The van der Waals surface area contributed by atoms with Gasteiger partial charge in [-0.1, -0.05) is 223 Å². The summed E-state index contributed by atoms with van der Waals surface area (Å²) in [4.78, 5) is 30.3. The van der Waals surface area contributed by atoms with Gasteiger partial charge in [0.2, 0.25) is 0 Å². The Bertz CT molecular complexity index is 5860. The molecule has 0 fully saturated rings. The molecule has 104 heavy (non-hydrogen) atoms. The van der Waals surface area contributed by atoms with Crippen LogP contribution in [0.15, 0.2) is 334 Å². The second-order valence-corrected chi connectivity index (χ2v) is 29.4. The molecular formula is C94H72B2N8. The Kier molecular flexibility index (Phi) is 14.9. The van der Waals surface area contributed by atoms with E-state index in [2.05, 4.69) is 345 Å². The Labute approximate surface area is 609 Å². The smallest absolute Gasteiger partial charge is 0.252 e. The highest BCUT2D eigenvalue weighted by molar-refractivity contribution is 7.01. The van der Waals surface area contributed by atoms with Gasteiger partial charge < -0.3 is 19.6 Å². The molecule has 0 saturated heterocycles. The van der Waals surface area contributed by atoms with Crippen LogP contribution in [0.4, 0.5) is 68.2 Å². The first-order valence-corrected chi connectivity index (χ1v) is 36.1. The average Bonchev–Trinajstić information content (AvgIpc) is 0.701. The van der Waals surface area contributed by atoms with E-state index in [0.717, 1.165) is 125 Å². The van der Waals surface area contributed by atoms with Crippen LogP contribution in [-0.2, 0) is 17.3 Å². The number of nitrogens with zero attached hydrogens (tertiary/aromatic N) is 8. The number of anilines is 12. The highest BCUT2D eigenvalue weighted by Crippen LogP contribution is 2.52. The van der Waals surface area contributed by atoms with Crippen molar-refractivity contribution in [2.24, 2.45) is 0 Å². The highest BCUT2D eigenvalue weighted by atomic mass is 15.2. The third kappa shape index (κ3) is 10.3. The molecule has 4 aromatic heterocycles. The number of aromatic nitrogens is 4. The van der Waals surface area contributed by atoms with Gasteiger partial charge in [0.1, 0.15) is 0 Å². The van der Waals surface area contributed by atoms with E-state index in [0.29, 0.717) is 0 Å². The third-order valence-electron chi connectivity index (χ3n) is 21.8. The van der Waals surface area contributed by atoms with Crippen LogP contribution in [0.3, 0.4) is 0 Å². The van der Waals surface area contributed by atoms with Crippen LogP contribution in [0.2, 0.25) is 0 Å². The van der Waals surface area contributed by atoms with E-state index in [-0.39, 0.29) is 18.8 Å². The Balaban J connectivity index is 0.792. The summed E-state index contributed by atoms with van der Waals surface area (Å²) in [5, 5.41) is 0. The van der Waals surface area contributed by atoms with Crippen molar-refractivity contribution in [1.82, 2.24) is 19.9 Å². The lowest BCUT2D eigenvalue weighted by Crippen LogP contribution is -2.61. The molecule has 0 radical (unpaired) electrons. The number of para-hydroxylation sites is 5. The SMILES string of the molecule is CC(C)(C)c1ccc2c(c1)N(c1ccccc1-c1ccccn1)c1cccc3c1B2c1ccc(C(C)(C)Cc2ccc(-c4cc(-c5ccccc5)ccn4)c(N4c5ccccc5B5c6ccccc6N(c6ccccc6-c6ccccn6)c6cccc4c65)c2)cc1N3c1ccccc1-c1ccccn1. The predicted molar refractivity (Wildman–Crippen MR) is 435 cm³/mol. The Morgan fingerprint density at radius 1 is 0.260 bits per heavy atom. The number of fused-ring (bicyclic) bond motifs is 8. The number of hydrogen-bond acceptors (Lipinski definition) is 8. The summed E-state index contributed by atoms with van der Waals surface area (Å²) in [5.74, 6) is 0. The fourth-order valence-electron chi connectivity index (χ4n) is 17.0. The molecule has 0 unspecified atom stereocenters. The molecule has 0 aliphatic carbocycles. The van der Waals surface area contributed by atoms with Crippen LogP contribution in [0.5, 0.6) is 0 Å². The lowest BCUT2D eigenvalue weighted by Gasteiger charge is -2.45. The van der Waals surface area contributed by atoms with Crippen LogP contribution >= 0.6 is 0 Å². The van der Waals surface area contributed by atoms with E-state index >= 15 is 0 Å². The topological polar surface area (TPSA) is 64.5 Å². The predicted octanol–water partition coefficient (Wildman–Crippen LogP) is 19.6. The summed E-state index contributed by atoms with van der Waals surface area (Å²) in [6.07, 6.45) is 8.38. The van der Waals surface area contributed by atoms with E-state index < -0.39 is 5.41 Å². The van der Waals surface area contributed by atoms with Crippen molar-refractivity contribution in [3.8, 4) is 56.2 Å². The Morgan fingerprint density at radius 2 is 0.644 bits per heavy atom. The van der Waals surface area contributed by atoms with Crippen LogP contribution in [0.1, 0.15) is 51.3 Å². The van der Waals surface area contributed by atoms with Crippen molar-refractivity contribution in [2.75, 3.05) is 19.6 Å². The summed E-state index contributed by atoms with van der Waals surface area (Å²) in [6.45, 7) is 11.6. The molecule has 0 atom stereocenters. The van der Waals surface area contributed by atoms with Crippen molar-refractivity contribution >= 4 is 114 Å².